The molecule has 128 valence electrons. The fraction of sp³-hybridized carbons (Fsp3) is 0.167. The highest BCUT2D eigenvalue weighted by molar-refractivity contribution is 7.13. The first kappa shape index (κ1) is 16.9. The molecule has 0 aliphatic heterocycles. The molecule has 0 saturated carbocycles. The summed E-state index contributed by atoms with van der Waals surface area (Å²) < 4.78 is 6.26. The van der Waals surface area contributed by atoms with Gasteiger partial charge < -0.3 is 10.1 Å². The number of ether oxygens (including phenoxy) is 1. The van der Waals surface area contributed by atoms with Crippen molar-refractivity contribution >= 4 is 23.2 Å². The fourth-order valence-electron chi connectivity index (χ4n) is 2.32. The van der Waals surface area contributed by atoms with Crippen molar-refractivity contribution in [2.75, 3.05) is 13.7 Å². The standard InChI is InChI=1S/C18H17N3O3S/c1-24-16(22)9-10-19-18(23)14-12-21(13-6-3-2-4-7-13)20-17(14)15-8-5-11-25-15/h2-8,11-12H,9-10H2,1H3,(H,19,23). The summed E-state index contributed by atoms with van der Waals surface area (Å²) in [7, 11) is 1.32. The molecule has 1 amide bonds. The third kappa shape index (κ3) is 3.95. The number of nitrogens with one attached hydrogen (secondary N) is 1. The highest BCUT2D eigenvalue weighted by atomic mass is 32.1. The van der Waals surface area contributed by atoms with Crippen molar-refractivity contribution < 1.29 is 14.3 Å². The van der Waals surface area contributed by atoms with E-state index in [1.807, 2.05) is 47.8 Å². The van der Waals surface area contributed by atoms with Gasteiger partial charge in [0.25, 0.3) is 5.91 Å². The molecule has 2 heterocycles. The molecular weight excluding hydrogens is 338 g/mol. The minimum absolute atomic E-state index is 0.128. The van der Waals surface area contributed by atoms with Crippen LogP contribution in [0.3, 0.4) is 0 Å². The number of hydrogen-bond acceptors (Lipinski definition) is 5. The Bertz CT molecular complexity index is 857. The number of benzene rings is 1. The Morgan fingerprint density at radius 3 is 2.68 bits per heavy atom. The Kier molecular flexibility index (Phi) is 5.25. The predicted octanol–water partition coefficient (Wildman–Crippen LogP) is 2.89. The van der Waals surface area contributed by atoms with Gasteiger partial charge in [-0.1, -0.05) is 24.3 Å². The van der Waals surface area contributed by atoms with Crippen molar-refractivity contribution in [3.05, 3.63) is 59.6 Å². The number of hydrogen-bond donors (Lipinski definition) is 1. The fourth-order valence-corrected chi connectivity index (χ4v) is 3.05. The zero-order valence-electron chi connectivity index (χ0n) is 13.6. The molecule has 2 aromatic heterocycles. The Morgan fingerprint density at radius 1 is 1.20 bits per heavy atom. The Hall–Kier alpha value is -2.93. The quantitative estimate of drug-likeness (QED) is 0.690. The number of methoxy groups -OCH3 is 1. The topological polar surface area (TPSA) is 73.2 Å². The highest BCUT2D eigenvalue weighted by Gasteiger charge is 2.19. The maximum Gasteiger partial charge on any atom is 0.307 e. The van der Waals surface area contributed by atoms with Gasteiger partial charge in [0, 0.05) is 12.7 Å². The maximum absolute atomic E-state index is 12.6. The number of rotatable bonds is 6. The first-order valence-electron chi connectivity index (χ1n) is 7.73. The number of para-hydroxylation sites is 1. The summed E-state index contributed by atoms with van der Waals surface area (Å²) in [5.74, 6) is -0.631. The van der Waals surface area contributed by atoms with Gasteiger partial charge in [-0.3, -0.25) is 9.59 Å². The van der Waals surface area contributed by atoms with E-state index in [9.17, 15) is 9.59 Å². The molecule has 0 aliphatic carbocycles. The molecule has 3 aromatic rings. The second-order valence-electron chi connectivity index (χ2n) is 5.23. The zero-order valence-corrected chi connectivity index (χ0v) is 14.5. The van der Waals surface area contributed by atoms with E-state index < -0.39 is 0 Å². The molecule has 0 fully saturated rings. The number of nitrogens with zero attached hydrogens (tertiary/aromatic N) is 2. The van der Waals surface area contributed by atoms with E-state index in [0.29, 0.717) is 11.3 Å². The van der Waals surface area contributed by atoms with E-state index >= 15 is 0 Å². The van der Waals surface area contributed by atoms with Crippen LogP contribution in [-0.4, -0.2) is 35.3 Å². The summed E-state index contributed by atoms with van der Waals surface area (Å²) in [4.78, 5) is 24.7. The van der Waals surface area contributed by atoms with Gasteiger partial charge in [0.15, 0.2) is 0 Å². The van der Waals surface area contributed by atoms with Gasteiger partial charge in [0.05, 0.1) is 29.7 Å². The van der Waals surface area contributed by atoms with Crippen LogP contribution in [0.5, 0.6) is 0 Å². The van der Waals surface area contributed by atoms with Crippen LogP contribution in [0.2, 0.25) is 0 Å². The average molecular weight is 355 g/mol. The lowest BCUT2D eigenvalue weighted by atomic mass is 10.2. The van der Waals surface area contributed by atoms with Crippen LogP contribution in [0.4, 0.5) is 0 Å². The average Bonchev–Trinajstić information content (AvgIpc) is 3.31. The largest absolute Gasteiger partial charge is 0.469 e. The van der Waals surface area contributed by atoms with Crippen molar-refractivity contribution in [1.82, 2.24) is 15.1 Å². The third-order valence-corrected chi connectivity index (χ3v) is 4.45. The first-order chi connectivity index (χ1) is 12.2. The molecule has 0 atom stereocenters. The SMILES string of the molecule is COC(=O)CCNC(=O)c1cn(-c2ccccc2)nc1-c1cccs1. The van der Waals surface area contributed by atoms with Crippen LogP contribution < -0.4 is 5.32 Å². The van der Waals surface area contributed by atoms with Crippen molar-refractivity contribution in [3.8, 4) is 16.3 Å². The van der Waals surface area contributed by atoms with Gasteiger partial charge in [-0.15, -0.1) is 11.3 Å². The van der Waals surface area contributed by atoms with Crippen LogP contribution in [0, 0.1) is 0 Å². The summed E-state index contributed by atoms with van der Waals surface area (Å²) in [5.41, 5.74) is 1.96. The summed E-state index contributed by atoms with van der Waals surface area (Å²) in [6.07, 6.45) is 1.83. The number of amides is 1. The third-order valence-electron chi connectivity index (χ3n) is 3.58. The summed E-state index contributed by atoms with van der Waals surface area (Å²) in [6.45, 7) is 0.214. The van der Waals surface area contributed by atoms with E-state index in [2.05, 4.69) is 15.2 Å². The molecule has 0 unspecified atom stereocenters. The molecular formula is C18H17N3O3S. The van der Waals surface area contributed by atoms with Crippen LogP contribution >= 0.6 is 11.3 Å². The molecule has 1 aromatic carbocycles. The van der Waals surface area contributed by atoms with Gasteiger partial charge in [-0.05, 0) is 23.6 Å². The molecule has 3 rings (SSSR count). The van der Waals surface area contributed by atoms with E-state index in [0.717, 1.165) is 10.6 Å². The molecule has 0 radical (unpaired) electrons. The van der Waals surface area contributed by atoms with E-state index in [1.54, 1.807) is 10.9 Å². The summed E-state index contributed by atoms with van der Waals surface area (Å²) >= 11 is 1.52. The molecule has 6 nitrogen and oxygen atoms in total. The molecule has 0 bridgehead atoms. The van der Waals surface area contributed by atoms with Crippen molar-refractivity contribution in [2.24, 2.45) is 0 Å². The van der Waals surface area contributed by atoms with Gasteiger partial charge >= 0.3 is 5.97 Å². The second-order valence-corrected chi connectivity index (χ2v) is 6.18. The lowest BCUT2D eigenvalue weighted by molar-refractivity contribution is -0.140. The van der Waals surface area contributed by atoms with E-state index in [4.69, 9.17) is 0 Å². The number of esters is 1. The van der Waals surface area contributed by atoms with Gasteiger partial charge in [0.2, 0.25) is 0 Å². The van der Waals surface area contributed by atoms with E-state index in [1.165, 1.54) is 18.4 Å². The molecule has 1 N–H and O–H groups in total. The number of carbonyl (C=O) groups is 2. The minimum Gasteiger partial charge on any atom is -0.469 e. The van der Waals surface area contributed by atoms with Crippen LogP contribution in [0.15, 0.2) is 54.0 Å². The second kappa shape index (κ2) is 7.76. The minimum atomic E-state index is -0.362. The summed E-state index contributed by atoms with van der Waals surface area (Å²) in [5, 5.41) is 9.26. The van der Waals surface area contributed by atoms with Crippen LogP contribution in [0.1, 0.15) is 16.8 Å². The number of carbonyl (C=O) groups excluding carboxylic acids is 2. The molecule has 0 saturated heterocycles. The molecule has 0 spiro atoms. The molecule has 0 aliphatic rings. The first-order valence-corrected chi connectivity index (χ1v) is 8.61. The van der Waals surface area contributed by atoms with Gasteiger partial charge in [0.1, 0.15) is 5.69 Å². The van der Waals surface area contributed by atoms with Crippen LogP contribution in [-0.2, 0) is 9.53 Å². The summed E-state index contributed by atoms with van der Waals surface area (Å²) in [6, 6.07) is 13.4. The maximum atomic E-state index is 12.6. The smallest absolute Gasteiger partial charge is 0.307 e. The van der Waals surface area contributed by atoms with Crippen molar-refractivity contribution in [3.63, 3.8) is 0 Å². The lowest BCUT2D eigenvalue weighted by Gasteiger charge is -2.03. The highest BCUT2D eigenvalue weighted by Crippen LogP contribution is 2.27. The Balaban J connectivity index is 1.87. The molecule has 7 heteroatoms. The predicted molar refractivity (Wildman–Crippen MR) is 95.8 cm³/mol. The number of thiophene rings is 1. The number of aromatic nitrogens is 2. The Labute approximate surface area is 149 Å². The van der Waals surface area contributed by atoms with Gasteiger partial charge in [-0.2, -0.15) is 5.10 Å². The normalized spacial score (nSPS) is 10.4. The van der Waals surface area contributed by atoms with Crippen molar-refractivity contribution in [1.29, 1.82) is 0 Å². The van der Waals surface area contributed by atoms with Gasteiger partial charge in [-0.25, -0.2) is 4.68 Å². The lowest BCUT2D eigenvalue weighted by Crippen LogP contribution is -2.26. The Morgan fingerprint density at radius 2 is 2.00 bits per heavy atom. The van der Waals surface area contributed by atoms with E-state index in [-0.39, 0.29) is 24.8 Å². The van der Waals surface area contributed by atoms with Crippen LogP contribution in [0.25, 0.3) is 16.3 Å². The molecule has 25 heavy (non-hydrogen) atoms. The monoisotopic (exact) mass is 355 g/mol. The van der Waals surface area contributed by atoms with Crippen molar-refractivity contribution in [2.45, 2.75) is 6.42 Å². The zero-order chi connectivity index (χ0) is 17.6.